The van der Waals surface area contributed by atoms with E-state index in [1.165, 1.54) is 0 Å². The van der Waals surface area contributed by atoms with Crippen LogP contribution in [-0.2, 0) is 31.6 Å². The molecule has 1 aromatic rings. The van der Waals surface area contributed by atoms with E-state index >= 15 is 0 Å². The number of anilines is 1. The van der Waals surface area contributed by atoms with Gasteiger partial charge in [-0.2, -0.15) is 8.62 Å². The number of carbonyl (C=O) groups excluding carboxylic acids is 2. The van der Waals surface area contributed by atoms with Crippen molar-refractivity contribution in [1.82, 2.24) is 20.4 Å². The molecule has 3 heterocycles. The number of hydrazine groups is 1. The summed E-state index contributed by atoms with van der Waals surface area (Å²) < 4.78 is 51.5. The van der Waals surface area contributed by atoms with Gasteiger partial charge in [0, 0.05) is 0 Å². The van der Waals surface area contributed by atoms with Gasteiger partial charge in [0.15, 0.2) is 17.7 Å². The molecule has 186 valence electrons. The molecule has 0 bridgehead atoms. The highest BCUT2D eigenvalue weighted by Crippen LogP contribution is 2.66. The van der Waals surface area contributed by atoms with Crippen molar-refractivity contribution in [3.8, 4) is 0 Å². The van der Waals surface area contributed by atoms with Crippen LogP contribution in [-0.4, -0.2) is 76.2 Å². The summed E-state index contributed by atoms with van der Waals surface area (Å²) in [5.41, 5.74) is 3.73. The molecule has 1 fully saturated rings. The van der Waals surface area contributed by atoms with Crippen molar-refractivity contribution >= 4 is 41.2 Å². The fourth-order valence-electron chi connectivity index (χ4n) is 2.75. The molecule has 0 radical (unpaired) electrons. The fourth-order valence-corrected chi connectivity index (χ4v) is 5.78. The summed E-state index contributed by atoms with van der Waals surface area (Å²) in [6.45, 7) is -1.06. The SMILES string of the molecule is O=C1NNC(=O)c2c(ncn2C2O[C@@H](COP(=O)(O)OP(=O)(O)OP(=O)(O)O)[C@H](O)[C@@H]2O)N1. The summed E-state index contributed by atoms with van der Waals surface area (Å²) in [7, 11) is -16.9. The molecule has 0 saturated carbocycles. The minimum atomic E-state index is -5.76. The Kier molecular flexibility index (Phi) is 7.15. The zero-order valence-corrected chi connectivity index (χ0v) is 18.4. The minimum absolute atomic E-state index is 0.218. The molecule has 6 atom stereocenters. The van der Waals surface area contributed by atoms with Crippen LogP contribution < -0.4 is 16.2 Å². The number of hydrogen-bond acceptors (Lipinski definition) is 12. The number of fused-ring (bicyclic) bond motifs is 1. The zero-order valence-electron chi connectivity index (χ0n) is 15.7. The van der Waals surface area contributed by atoms with Crippen LogP contribution in [0, 0.1) is 0 Å². The van der Waals surface area contributed by atoms with E-state index in [0.29, 0.717) is 0 Å². The highest BCUT2D eigenvalue weighted by molar-refractivity contribution is 7.66. The van der Waals surface area contributed by atoms with E-state index < -0.39 is 66.6 Å². The second-order valence-corrected chi connectivity index (χ2v) is 10.7. The molecule has 2 aliphatic heterocycles. The standard InChI is InChI=1S/C10H16N5O15P3/c16-5-3(1-27-32(23,24)30-33(25,26)29-31(20,21)22)28-9(6(5)17)15-2-11-7-4(15)8(18)13-14-10(19)12-7/h2-3,5-6,9,16-17H,1H2,(H,13,18)(H,23,24)(H,25,26)(H2,12,14,19)(H2,20,21,22)/t3-,5-,6-,9?/m0/s1. The Labute approximate surface area is 181 Å². The number of nitrogens with one attached hydrogen (secondary N) is 3. The van der Waals surface area contributed by atoms with E-state index in [0.717, 1.165) is 10.9 Å². The lowest BCUT2D eigenvalue weighted by atomic mass is 10.1. The Balaban J connectivity index is 1.70. The van der Waals surface area contributed by atoms with E-state index in [1.54, 1.807) is 0 Å². The number of phosphoric ester groups is 1. The fraction of sp³-hybridized carbons (Fsp3) is 0.500. The third-order valence-electron chi connectivity index (χ3n) is 3.96. The van der Waals surface area contributed by atoms with E-state index in [2.05, 4.69) is 23.4 Å². The number of imidazole rings is 1. The molecule has 1 saturated heterocycles. The van der Waals surface area contributed by atoms with Crippen molar-refractivity contribution in [2.45, 2.75) is 24.5 Å². The van der Waals surface area contributed by atoms with Crippen molar-refractivity contribution in [2.75, 3.05) is 11.9 Å². The summed E-state index contributed by atoms with van der Waals surface area (Å²) in [5, 5.41) is 22.7. The first-order valence-electron chi connectivity index (χ1n) is 8.33. The van der Waals surface area contributed by atoms with Gasteiger partial charge in [-0.25, -0.2) is 28.9 Å². The van der Waals surface area contributed by atoms with Crippen molar-refractivity contribution in [2.24, 2.45) is 0 Å². The normalized spacial score (nSPS) is 29.2. The number of carbonyl (C=O) groups is 2. The van der Waals surface area contributed by atoms with Gasteiger partial charge in [-0.3, -0.25) is 24.6 Å². The molecule has 33 heavy (non-hydrogen) atoms. The highest BCUT2D eigenvalue weighted by atomic mass is 31.3. The molecular formula is C10H16N5O15P3. The lowest BCUT2D eigenvalue weighted by molar-refractivity contribution is -0.0526. The smallest absolute Gasteiger partial charge is 0.387 e. The quantitative estimate of drug-likeness (QED) is 0.156. The summed E-state index contributed by atoms with van der Waals surface area (Å²) in [6, 6.07) is -0.825. The first kappa shape index (κ1) is 25.9. The molecule has 9 N–H and O–H groups in total. The van der Waals surface area contributed by atoms with Crippen LogP contribution >= 0.6 is 23.5 Å². The average molecular weight is 539 g/mol. The topological polar surface area (TPSA) is 298 Å². The molecule has 0 aliphatic carbocycles. The number of urea groups is 1. The monoisotopic (exact) mass is 539 g/mol. The third-order valence-corrected chi connectivity index (χ3v) is 7.76. The van der Waals surface area contributed by atoms with Crippen molar-refractivity contribution in [3.63, 3.8) is 0 Å². The predicted molar refractivity (Wildman–Crippen MR) is 97.6 cm³/mol. The largest absolute Gasteiger partial charge is 0.490 e. The van der Waals surface area contributed by atoms with Gasteiger partial charge in [0.2, 0.25) is 0 Å². The Morgan fingerprint density at radius 2 is 1.70 bits per heavy atom. The first-order valence-corrected chi connectivity index (χ1v) is 12.8. The first-order chi connectivity index (χ1) is 15.1. The van der Waals surface area contributed by atoms with Gasteiger partial charge in [0.25, 0.3) is 5.91 Å². The second-order valence-electron chi connectivity index (χ2n) is 6.32. The van der Waals surface area contributed by atoms with Crippen LogP contribution in [0.4, 0.5) is 10.6 Å². The third kappa shape index (κ3) is 6.23. The van der Waals surface area contributed by atoms with Gasteiger partial charge in [-0.05, 0) is 0 Å². The molecule has 2 aliphatic rings. The van der Waals surface area contributed by atoms with Gasteiger partial charge < -0.3 is 34.5 Å². The van der Waals surface area contributed by atoms with Gasteiger partial charge >= 0.3 is 29.5 Å². The lowest BCUT2D eigenvalue weighted by Gasteiger charge is -2.19. The summed E-state index contributed by atoms with van der Waals surface area (Å²) >= 11 is 0. The van der Waals surface area contributed by atoms with Crippen LogP contribution in [0.25, 0.3) is 0 Å². The Bertz CT molecular complexity index is 1090. The summed E-state index contributed by atoms with van der Waals surface area (Å²) in [6.07, 6.45) is -5.69. The molecular weight excluding hydrogens is 523 g/mol. The van der Waals surface area contributed by atoms with Crippen LogP contribution in [0.15, 0.2) is 6.33 Å². The maximum Gasteiger partial charge on any atom is 0.490 e. The number of aromatic nitrogens is 2. The van der Waals surface area contributed by atoms with Crippen LogP contribution in [0.3, 0.4) is 0 Å². The number of phosphoric acid groups is 3. The van der Waals surface area contributed by atoms with Crippen molar-refractivity contribution in [3.05, 3.63) is 12.0 Å². The van der Waals surface area contributed by atoms with Gasteiger partial charge in [-0.1, -0.05) is 0 Å². The Hall–Kier alpha value is -1.76. The molecule has 0 spiro atoms. The Morgan fingerprint density at radius 1 is 1.03 bits per heavy atom. The van der Waals surface area contributed by atoms with E-state index in [1.807, 2.05) is 10.9 Å². The number of rotatable bonds is 8. The number of hydrogen-bond donors (Lipinski definition) is 9. The molecule has 1 aromatic heterocycles. The molecule has 0 aromatic carbocycles. The molecule has 3 amide bonds. The number of aliphatic hydroxyl groups is 2. The van der Waals surface area contributed by atoms with Crippen LogP contribution in [0.2, 0.25) is 0 Å². The summed E-state index contributed by atoms with van der Waals surface area (Å²) in [5.74, 6) is -1.09. The van der Waals surface area contributed by atoms with Crippen LogP contribution in [0.5, 0.6) is 0 Å². The summed E-state index contributed by atoms with van der Waals surface area (Å²) in [4.78, 5) is 63.0. The van der Waals surface area contributed by atoms with Crippen molar-refractivity contribution < 1.29 is 71.0 Å². The maximum atomic E-state index is 12.2. The van der Waals surface area contributed by atoms with Gasteiger partial charge in [0.05, 0.1) is 12.9 Å². The van der Waals surface area contributed by atoms with Gasteiger partial charge in [0.1, 0.15) is 18.3 Å². The van der Waals surface area contributed by atoms with E-state index in [9.17, 15) is 38.4 Å². The zero-order chi connectivity index (χ0) is 24.8. The lowest BCUT2D eigenvalue weighted by Crippen LogP contribution is -2.41. The van der Waals surface area contributed by atoms with Gasteiger partial charge in [-0.15, -0.1) is 0 Å². The maximum absolute atomic E-state index is 12.2. The Morgan fingerprint density at radius 3 is 2.33 bits per heavy atom. The average Bonchev–Trinajstić information content (AvgIpc) is 3.12. The minimum Gasteiger partial charge on any atom is -0.387 e. The number of aliphatic hydroxyl groups excluding tert-OH is 2. The van der Waals surface area contributed by atoms with Crippen molar-refractivity contribution in [1.29, 1.82) is 0 Å². The highest BCUT2D eigenvalue weighted by Gasteiger charge is 2.47. The van der Waals surface area contributed by atoms with E-state index in [4.69, 9.17) is 19.4 Å². The predicted octanol–water partition coefficient (Wildman–Crippen LogP) is -2.37. The number of ether oxygens (including phenoxy) is 1. The molecule has 20 nitrogen and oxygen atoms in total. The molecule has 23 heteroatoms. The number of nitrogens with zero attached hydrogens (tertiary/aromatic N) is 2. The second kappa shape index (κ2) is 9.12. The van der Waals surface area contributed by atoms with E-state index in [-0.39, 0.29) is 11.5 Å². The molecule has 3 unspecified atom stereocenters. The molecule has 3 rings (SSSR count). The van der Waals surface area contributed by atoms with Crippen LogP contribution in [0.1, 0.15) is 16.7 Å². The number of amides is 3.